The minimum absolute atomic E-state index is 0.142. The van der Waals surface area contributed by atoms with Crippen LogP contribution in [0, 0.1) is 0 Å². The summed E-state index contributed by atoms with van der Waals surface area (Å²) in [7, 11) is -3.91. The molecular formula is C39H58Br2O9S2Si2. The van der Waals surface area contributed by atoms with Crippen LogP contribution in [0.25, 0.3) is 0 Å². The van der Waals surface area contributed by atoms with Crippen molar-refractivity contribution in [3.8, 4) is 0 Å². The minimum Gasteiger partial charge on any atom is -0.457 e. The first-order valence-corrected chi connectivity index (χ1v) is 29.1. The van der Waals surface area contributed by atoms with Gasteiger partial charge >= 0.3 is 11.9 Å². The molecule has 2 aliphatic rings. The van der Waals surface area contributed by atoms with Gasteiger partial charge in [-0.25, -0.2) is 0 Å². The maximum absolute atomic E-state index is 12.8. The van der Waals surface area contributed by atoms with Gasteiger partial charge in [-0.1, -0.05) is 109 Å². The lowest BCUT2D eigenvalue weighted by Crippen LogP contribution is -2.66. The van der Waals surface area contributed by atoms with Crippen LogP contribution in [0.2, 0.25) is 43.8 Å². The molecule has 0 N–H and O–H groups in total. The molecule has 0 unspecified atom stereocenters. The molecule has 0 radical (unpaired) electrons. The summed E-state index contributed by atoms with van der Waals surface area (Å²) in [6.45, 7) is 21.2. The fraction of sp³-hybridized carbons (Fsp3) is 0.641. The van der Waals surface area contributed by atoms with Crippen molar-refractivity contribution in [3.05, 3.63) is 60.7 Å². The second-order valence-electron chi connectivity index (χ2n) is 16.5. The van der Waals surface area contributed by atoms with E-state index in [9.17, 15) is 9.59 Å². The second kappa shape index (κ2) is 20.3. The molecular weight excluding hydrogens is 893 g/mol. The van der Waals surface area contributed by atoms with Gasteiger partial charge < -0.3 is 32.8 Å². The number of ether oxygens (including phenoxy) is 6. The molecule has 0 aromatic heterocycles. The predicted octanol–water partition coefficient (Wildman–Crippen LogP) is 9.54. The Morgan fingerprint density at radius 2 is 1.15 bits per heavy atom. The smallest absolute Gasteiger partial charge is 0.303 e. The zero-order valence-corrected chi connectivity index (χ0v) is 39.9. The monoisotopic (exact) mass is 948 g/mol. The maximum Gasteiger partial charge on any atom is 0.303 e. The molecule has 2 aliphatic heterocycles. The molecule has 302 valence electrons. The molecule has 2 heterocycles. The summed E-state index contributed by atoms with van der Waals surface area (Å²) in [4.78, 5) is 27.5. The van der Waals surface area contributed by atoms with Crippen molar-refractivity contribution >= 4 is 83.7 Å². The van der Waals surface area contributed by atoms with Crippen molar-refractivity contribution in [3.63, 3.8) is 0 Å². The van der Waals surface area contributed by atoms with E-state index in [1.807, 2.05) is 60.7 Å². The van der Waals surface area contributed by atoms with Gasteiger partial charge in [0.1, 0.15) is 24.4 Å². The van der Waals surface area contributed by atoms with E-state index in [1.54, 1.807) is 23.5 Å². The quantitative estimate of drug-likeness (QED) is 0.0915. The van der Waals surface area contributed by atoms with Crippen LogP contribution in [0.3, 0.4) is 0 Å². The van der Waals surface area contributed by atoms with Crippen molar-refractivity contribution in [2.45, 2.75) is 148 Å². The van der Waals surface area contributed by atoms with Crippen LogP contribution in [0.15, 0.2) is 70.5 Å². The molecule has 10 atom stereocenters. The van der Waals surface area contributed by atoms with Gasteiger partial charge in [-0.15, -0.1) is 23.5 Å². The molecule has 0 spiro atoms. The largest absolute Gasteiger partial charge is 0.457 e. The predicted molar refractivity (Wildman–Crippen MR) is 229 cm³/mol. The molecule has 2 aromatic carbocycles. The Morgan fingerprint density at radius 3 is 1.57 bits per heavy atom. The molecule has 2 saturated heterocycles. The van der Waals surface area contributed by atoms with E-state index in [2.05, 4.69) is 85.4 Å². The van der Waals surface area contributed by atoms with Crippen LogP contribution in [0.5, 0.6) is 0 Å². The standard InChI is InChI=1S/C39H58Br2O9S2Si2/c1-25(42)45-31-29(23-40)47-37(44-21-22-53(6,7)8)35(51-27-17-13-11-14-18-27)33(31)49-38-36(52-28-19-15-12-16-20-28)34(50-54(9,10)39(3,4)5)32(46-26(2)43)30(24-41)48-38/h11-20,29-38H,21-24H2,1-10H3/t29-,30-,31-,32-,33+,34+,35-,36-,37-,38+/m1/s1. The highest BCUT2D eigenvalue weighted by atomic mass is 79.9. The average Bonchev–Trinajstić information content (AvgIpc) is 3.08. The van der Waals surface area contributed by atoms with Gasteiger partial charge in [-0.05, 0) is 48.4 Å². The average molecular weight is 951 g/mol. The lowest BCUT2D eigenvalue weighted by Gasteiger charge is -2.51. The molecule has 54 heavy (non-hydrogen) atoms. The molecule has 2 fully saturated rings. The zero-order valence-electron chi connectivity index (χ0n) is 33.1. The third-order valence-corrected chi connectivity index (χ3v) is 19.9. The van der Waals surface area contributed by atoms with Gasteiger partial charge in [-0.2, -0.15) is 0 Å². The molecule has 0 amide bonds. The Labute approximate surface area is 349 Å². The number of halogens is 2. The van der Waals surface area contributed by atoms with Gasteiger partial charge in [0.05, 0.1) is 10.5 Å². The normalized spacial score (nSPS) is 29.4. The van der Waals surface area contributed by atoms with Crippen LogP contribution in [0.4, 0.5) is 0 Å². The number of carbonyl (C=O) groups is 2. The summed E-state index contributed by atoms with van der Waals surface area (Å²) in [6.07, 6.45) is -5.64. The van der Waals surface area contributed by atoms with Crippen LogP contribution < -0.4 is 0 Å². The fourth-order valence-corrected chi connectivity index (χ4v) is 11.6. The zero-order chi connectivity index (χ0) is 39.8. The number of hydrogen-bond acceptors (Lipinski definition) is 11. The highest BCUT2D eigenvalue weighted by Crippen LogP contribution is 2.46. The topological polar surface area (TPSA) is 98.8 Å². The first-order valence-electron chi connectivity index (χ1n) is 18.5. The van der Waals surface area contributed by atoms with E-state index in [0.717, 1.165) is 15.8 Å². The Bertz CT molecular complexity index is 1480. The van der Waals surface area contributed by atoms with Gasteiger partial charge in [-0.3, -0.25) is 9.59 Å². The van der Waals surface area contributed by atoms with E-state index in [0.29, 0.717) is 17.3 Å². The van der Waals surface area contributed by atoms with E-state index in [1.165, 1.54) is 13.8 Å². The van der Waals surface area contributed by atoms with Crippen LogP contribution in [0.1, 0.15) is 34.6 Å². The lowest BCUT2D eigenvalue weighted by atomic mass is 9.99. The van der Waals surface area contributed by atoms with Crippen LogP contribution in [-0.4, -0.2) is 105 Å². The summed E-state index contributed by atoms with van der Waals surface area (Å²) in [6, 6.07) is 21.0. The highest BCUT2D eigenvalue weighted by Gasteiger charge is 2.56. The minimum atomic E-state index is -2.47. The highest BCUT2D eigenvalue weighted by molar-refractivity contribution is 9.09. The molecule has 0 aliphatic carbocycles. The van der Waals surface area contributed by atoms with Crippen molar-refractivity contribution in [2.24, 2.45) is 0 Å². The SMILES string of the molecule is CC(=O)O[C@H]1[C@H](O[C@@H]2O[C@H](CBr)[C@@H](OC(C)=O)[C@H](O[Si](C)(C)C(C)(C)C)[C@H]2Sc2ccccc2)[C@@H](Sc2ccccc2)[C@H](OCC[Si](C)(C)C)O[C@@H]1CBr. The summed E-state index contributed by atoms with van der Waals surface area (Å²) in [5, 5.41) is -0.367. The number of hydrogen-bond donors (Lipinski definition) is 0. The van der Waals surface area contributed by atoms with Gasteiger partial charge in [0.25, 0.3) is 0 Å². The summed E-state index contributed by atoms with van der Waals surface area (Å²) >= 11 is 10.4. The molecule has 4 rings (SSSR count). The molecule has 9 nitrogen and oxygen atoms in total. The Morgan fingerprint density at radius 1 is 0.704 bits per heavy atom. The Balaban J connectivity index is 1.87. The third kappa shape index (κ3) is 12.9. The molecule has 0 bridgehead atoms. The maximum atomic E-state index is 12.8. The second-order valence-corrected chi connectivity index (χ2v) is 30.6. The fourth-order valence-electron chi connectivity index (χ4n) is 5.92. The number of rotatable bonds is 16. The number of carbonyl (C=O) groups excluding carboxylic acids is 2. The van der Waals surface area contributed by atoms with Crippen LogP contribution >= 0.6 is 55.4 Å². The summed E-state index contributed by atoms with van der Waals surface area (Å²) in [5.74, 6) is -0.866. The summed E-state index contributed by atoms with van der Waals surface area (Å²) < 4.78 is 46.9. The van der Waals surface area contributed by atoms with Gasteiger partial charge in [0, 0.05) is 49.0 Å². The van der Waals surface area contributed by atoms with Crippen LogP contribution in [-0.2, 0) is 42.4 Å². The van der Waals surface area contributed by atoms with Gasteiger partial charge in [0.15, 0.2) is 33.1 Å². The number of thioether (sulfide) groups is 2. The number of alkyl halides is 2. The lowest BCUT2D eigenvalue weighted by molar-refractivity contribution is -0.301. The van der Waals surface area contributed by atoms with Crippen molar-refractivity contribution in [1.82, 2.24) is 0 Å². The molecule has 15 heteroatoms. The Kier molecular flexibility index (Phi) is 17.3. The van der Waals surface area contributed by atoms with E-state index in [4.69, 9.17) is 32.8 Å². The molecule has 2 aromatic rings. The molecule has 0 saturated carbocycles. The van der Waals surface area contributed by atoms with Crippen molar-refractivity contribution in [2.75, 3.05) is 17.3 Å². The Hall–Kier alpha value is -0.726. The van der Waals surface area contributed by atoms with E-state index >= 15 is 0 Å². The van der Waals surface area contributed by atoms with E-state index < -0.39 is 88.0 Å². The third-order valence-electron chi connectivity index (χ3n) is 9.78. The van der Waals surface area contributed by atoms with E-state index in [-0.39, 0.29) is 5.04 Å². The first kappa shape index (κ1) is 46.0. The number of esters is 2. The first-order chi connectivity index (χ1) is 25.3. The van der Waals surface area contributed by atoms with Crippen molar-refractivity contribution in [1.29, 1.82) is 0 Å². The van der Waals surface area contributed by atoms with Crippen molar-refractivity contribution < 1.29 is 42.4 Å². The van der Waals surface area contributed by atoms with Gasteiger partial charge in [0.2, 0.25) is 0 Å². The number of benzene rings is 2. The summed E-state index contributed by atoms with van der Waals surface area (Å²) in [5.41, 5.74) is 0.